The third-order valence-corrected chi connectivity index (χ3v) is 3.64. The van der Waals surface area contributed by atoms with E-state index in [4.69, 9.17) is 10.5 Å². The number of benzene rings is 1. The third-order valence-electron chi connectivity index (χ3n) is 3.64. The van der Waals surface area contributed by atoms with Crippen molar-refractivity contribution >= 4 is 11.5 Å². The minimum absolute atomic E-state index is 0.0214. The molecule has 0 aliphatic carbocycles. The van der Waals surface area contributed by atoms with Gasteiger partial charge in [0, 0.05) is 38.4 Å². The van der Waals surface area contributed by atoms with Gasteiger partial charge >= 0.3 is 0 Å². The molecule has 0 spiro atoms. The average Bonchev–Trinajstić information content (AvgIpc) is 2.42. The number of hydrogen-bond donors (Lipinski definition) is 1. The zero-order chi connectivity index (χ0) is 14.5. The van der Waals surface area contributed by atoms with Crippen LogP contribution in [-0.2, 0) is 0 Å². The van der Waals surface area contributed by atoms with E-state index in [0.717, 1.165) is 32.7 Å². The number of nitrogens with two attached hydrogens (primary N) is 1. The first kappa shape index (κ1) is 14.8. The molecule has 2 rings (SSSR count). The second-order valence-corrected chi connectivity index (χ2v) is 5.31. The summed E-state index contributed by atoms with van der Waals surface area (Å²) in [6.07, 6.45) is 0. The number of nitrogen functional groups attached to an aromatic ring is 1. The van der Waals surface area contributed by atoms with Crippen LogP contribution in [0.2, 0.25) is 0 Å². The van der Waals surface area contributed by atoms with Gasteiger partial charge in [-0.15, -0.1) is 0 Å². The van der Waals surface area contributed by atoms with Crippen molar-refractivity contribution in [2.24, 2.45) is 0 Å². The fraction of sp³-hybridized carbons (Fsp3) is 0.533. The molecule has 1 aliphatic heterocycles. The van der Waals surface area contributed by atoms with Gasteiger partial charge in [0.15, 0.2) is 5.78 Å². The fourth-order valence-electron chi connectivity index (χ4n) is 2.30. The van der Waals surface area contributed by atoms with Crippen LogP contribution in [0.1, 0.15) is 17.3 Å². The molecule has 0 bridgehead atoms. The number of likely N-dealkylation sites (N-methyl/N-ethyl adjacent to an activating group) is 1. The maximum absolute atomic E-state index is 11.6. The summed E-state index contributed by atoms with van der Waals surface area (Å²) in [5.74, 6) is 0.604. The van der Waals surface area contributed by atoms with E-state index < -0.39 is 0 Å². The second-order valence-electron chi connectivity index (χ2n) is 5.31. The average molecular weight is 277 g/mol. The molecule has 1 heterocycles. The molecule has 110 valence electrons. The van der Waals surface area contributed by atoms with E-state index in [1.165, 1.54) is 6.92 Å². The van der Waals surface area contributed by atoms with Gasteiger partial charge in [0.25, 0.3) is 0 Å². The van der Waals surface area contributed by atoms with E-state index in [1.54, 1.807) is 18.2 Å². The largest absolute Gasteiger partial charge is 0.491 e. The van der Waals surface area contributed by atoms with Crippen LogP contribution in [-0.4, -0.2) is 62.0 Å². The summed E-state index contributed by atoms with van der Waals surface area (Å²) >= 11 is 0. The number of anilines is 1. The third kappa shape index (κ3) is 3.95. The lowest BCUT2D eigenvalue weighted by molar-refractivity contribution is 0.101. The second kappa shape index (κ2) is 6.72. The maximum atomic E-state index is 11.6. The van der Waals surface area contributed by atoms with E-state index in [-0.39, 0.29) is 5.78 Å². The van der Waals surface area contributed by atoms with Crippen molar-refractivity contribution in [2.75, 3.05) is 52.1 Å². The lowest BCUT2D eigenvalue weighted by Crippen LogP contribution is -2.45. The van der Waals surface area contributed by atoms with E-state index in [1.807, 2.05) is 0 Å². The highest BCUT2D eigenvalue weighted by atomic mass is 16.5. The summed E-state index contributed by atoms with van der Waals surface area (Å²) in [5.41, 5.74) is 6.85. The van der Waals surface area contributed by atoms with Gasteiger partial charge in [0.05, 0.1) is 5.56 Å². The topological polar surface area (TPSA) is 58.8 Å². The van der Waals surface area contributed by atoms with Crippen molar-refractivity contribution < 1.29 is 9.53 Å². The zero-order valence-electron chi connectivity index (χ0n) is 12.3. The van der Waals surface area contributed by atoms with Gasteiger partial charge in [0.2, 0.25) is 0 Å². The molecular formula is C15H23N3O2. The molecule has 0 aromatic heterocycles. The number of piperazine rings is 1. The molecule has 0 unspecified atom stereocenters. The summed E-state index contributed by atoms with van der Waals surface area (Å²) < 4.78 is 5.75. The van der Waals surface area contributed by atoms with Crippen LogP contribution < -0.4 is 10.5 Å². The van der Waals surface area contributed by atoms with Crippen LogP contribution >= 0.6 is 0 Å². The molecule has 1 aromatic rings. The predicted molar refractivity (Wildman–Crippen MR) is 80.3 cm³/mol. The Kier molecular flexibility index (Phi) is 4.98. The lowest BCUT2D eigenvalue weighted by Gasteiger charge is -2.32. The molecule has 0 saturated carbocycles. The van der Waals surface area contributed by atoms with Crippen molar-refractivity contribution in [1.29, 1.82) is 0 Å². The van der Waals surface area contributed by atoms with Crippen LogP contribution in [0.3, 0.4) is 0 Å². The summed E-state index contributed by atoms with van der Waals surface area (Å²) in [7, 11) is 2.14. The minimum Gasteiger partial charge on any atom is -0.491 e. The van der Waals surface area contributed by atoms with Crippen molar-refractivity contribution in [1.82, 2.24) is 9.80 Å². The molecule has 1 aromatic carbocycles. The van der Waals surface area contributed by atoms with E-state index in [2.05, 4.69) is 16.8 Å². The Balaban J connectivity index is 1.86. The van der Waals surface area contributed by atoms with Crippen LogP contribution in [0, 0.1) is 0 Å². The Bertz CT molecular complexity index is 468. The van der Waals surface area contributed by atoms with Gasteiger partial charge in [-0.2, -0.15) is 0 Å². The minimum atomic E-state index is -0.0214. The van der Waals surface area contributed by atoms with Gasteiger partial charge in [-0.3, -0.25) is 9.69 Å². The fourth-order valence-corrected chi connectivity index (χ4v) is 2.30. The highest BCUT2D eigenvalue weighted by Crippen LogP contribution is 2.21. The van der Waals surface area contributed by atoms with Crippen molar-refractivity contribution in [3.63, 3.8) is 0 Å². The molecular weight excluding hydrogens is 254 g/mol. The first-order valence-electron chi connectivity index (χ1n) is 7.00. The molecule has 0 radical (unpaired) electrons. The van der Waals surface area contributed by atoms with Crippen LogP contribution in [0.4, 0.5) is 5.69 Å². The molecule has 5 heteroatoms. The van der Waals surface area contributed by atoms with Crippen LogP contribution in [0.25, 0.3) is 0 Å². The first-order chi connectivity index (χ1) is 9.56. The molecule has 5 nitrogen and oxygen atoms in total. The standard InChI is InChI=1S/C15H23N3O2/c1-12(19)14-11-13(16)3-4-15(14)20-10-9-18-7-5-17(2)6-8-18/h3-4,11H,5-10,16H2,1-2H3. The number of rotatable bonds is 5. The SMILES string of the molecule is CC(=O)c1cc(N)ccc1OCCN1CCN(C)CC1. The van der Waals surface area contributed by atoms with Crippen molar-refractivity contribution in [2.45, 2.75) is 6.92 Å². The van der Waals surface area contributed by atoms with E-state index in [9.17, 15) is 4.79 Å². The van der Waals surface area contributed by atoms with Gasteiger partial charge in [-0.1, -0.05) is 0 Å². The summed E-state index contributed by atoms with van der Waals surface area (Å²) in [6, 6.07) is 5.21. The smallest absolute Gasteiger partial charge is 0.163 e. The molecule has 1 saturated heterocycles. The number of ketones is 1. The number of carbonyl (C=O) groups is 1. The van der Waals surface area contributed by atoms with Crippen LogP contribution in [0.5, 0.6) is 5.75 Å². The Morgan fingerprint density at radius 2 is 2.00 bits per heavy atom. The first-order valence-corrected chi connectivity index (χ1v) is 7.00. The molecule has 1 aliphatic rings. The van der Waals surface area contributed by atoms with Gasteiger partial charge in [-0.25, -0.2) is 0 Å². The monoisotopic (exact) mass is 277 g/mol. The predicted octanol–water partition coefficient (Wildman–Crippen LogP) is 1.10. The van der Waals surface area contributed by atoms with E-state index in [0.29, 0.717) is 23.6 Å². The van der Waals surface area contributed by atoms with Crippen molar-refractivity contribution in [3.05, 3.63) is 23.8 Å². The molecule has 20 heavy (non-hydrogen) atoms. The molecule has 1 fully saturated rings. The Morgan fingerprint density at radius 3 is 2.65 bits per heavy atom. The number of nitrogens with zero attached hydrogens (tertiary/aromatic N) is 2. The number of ether oxygens (including phenoxy) is 1. The number of carbonyl (C=O) groups excluding carboxylic acids is 1. The van der Waals surface area contributed by atoms with E-state index >= 15 is 0 Å². The quantitative estimate of drug-likeness (QED) is 0.645. The van der Waals surface area contributed by atoms with Gasteiger partial charge < -0.3 is 15.4 Å². The Morgan fingerprint density at radius 1 is 1.30 bits per heavy atom. The lowest BCUT2D eigenvalue weighted by atomic mass is 10.1. The Hall–Kier alpha value is -1.59. The Labute approximate surface area is 120 Å². The normalized spacial score (nSPS) is 17.1. The molecule has 0 atom stereocenters. The number of hydrogen-bond acceptors (Lipinski definition) is 5. The summed E-state index contributed by atoms with van der Waals surface area (Å²) in [4.78, 5) is 16.3. The molecule has 2 N–H and O–H groups in total. The highest BCUT2D eigenvalue weighted by molar-refractivity contribution is 5.97. The van der Waals surface area contributed by atoms with Gasteiger partial charge in [0.1, 0.15) is 12.4 Å². The molecule has 0 amide bonds. The summed E-state index contributed by atoms with van der Waals surface area (Å²) in [5, 5.41) is 0. The van der Waals surface area contributed by atoms with Crippen molar-refractivity contribution in [3.8, 4) is 5.75 Å². The van der Waals surface area contributed by atoms with Crippen LogP contribution in [0.15, 0.2) is 18.2 Å². The number of Topliss-reactive ketones (excluding diaryl/α,β-unsaturated/α-hetero) is 1. The zero-order valence-corrected chi connectivity index (χ0v) is 12.3. The maximum Gasteiger partial charge on any atom is 0.163 e. The summed E-state index contributed by atoms with van der Waals surface area (Å²) in [6.45, 7) is 7.34. The van der Waals surface area contributed by atoms with Gasteiger partial charge in [-0.05, 0) is 32.2 Å². The highest BCUT2D eigenvalue weighted by Gasteiger charge is 2.14.